The van der Waals surface area contributed by atoms with E-state index >= 15 is 0 Å². The predicted molar refractivity (Wildman–Crippen MR) is 101 cm³/mol. The fourth-order valence-corrected chi connectivity index (χ4v) is 2.59. The topological polar surface area (TPSA) is 138 Å². The van der Waals surface area contributed by atoms with Crippen LogP contribution in [0.15, 0.2) is 55.0 Å². The molecule has 154 valence electrons. The first kappa shape index (κ1) is 20.6. The molecule has 0 spiro atoms. The highest BCUT2D eigenvalue weighted by Crippen LogP contribution is 2.25. The Balaban J connectivity index is 0.000000318. The number of aromatic nitrogens is 4. The van der Waals surface area contributed by atoms with Gasteiger partial charge in [0.15, 0.2) is 0 Å². The maximum Gasteiger partial charge on any atom is 0.490 e. The van der Waals surface area contributed by atoms with E-state index in [4.69, 9.17) is 15.6 Å². The summed E-state index contributed by atoms with van der Waals surface area (Å²) in [7, 11) is 0. The Bertz CT molecular complexity index is 1180. The van der Waals surface area contributed by atoms with Crippen LogP contribution in [0.2, 0.25) is 0 Å². The van der Waals surface area contributed by atoms with E-state index in [1.165, 1.54) is 0 Å². The molecule has 5 N–H and O–H groups in total. The molecule has 0 aliphatic heterocycles. The third kappa shape index (κ3) is 4.46. The number of halogens is 3. The molecule has 0 radical (unpaired) electrons. The number of carbonyl (C=O) groups excluding carboxylic acids is 1. The maximum atomic E-state index is 11.5. The normalized spacial score (nSPS) is 11.0. The Kier molecular flexibility index (Phi) is 5.54. The van der Waals surface area contributed by atoms with Crippen molar-refractivity contribution in [2.75, 3.05) is 0 Å². The number of amides is 1. The number of benzene rings is 2. The summed E-state index contributed by atoms with van der Waals surface area (Å²) in [5.74, 6) is -2.54. The number of carboxylic acid groups (broad SMARTS) is 1. The number of alkyl halides is 3. The van der Waals surface area contributed by atoms with Crippen molar-refractivity contribution >= 4 is 22.9 Å². The number of primary amides is 1. The lowest BCUT2D eigenvalue weighted by Crippen LogP contribution is -2.21. The summed E-state index contributed by atoms with van der Waals surface area (Å²) < 4.78 is 31.7. The fourth-order valence-electron chi connectivity index (χ4n) is 2.59. The molecule has 30 heavy (non-hydrogen) atoms. The molecule has 0 bridgehead atoms. The molecular formula is C19H14F3N5O3. The van der Waals surface area contributed by atoms with Crippen molar-refractivity contribution in [3.05, 3.63) is 60.6 Å². The second kappa shape index (κ2) is 8.07. The third-order valence-corrected chi connectivity index (χ3v) is 3.99. The number of rotatable bonds is 3. The number of H-pyrrole nitrogens is 2. The van der Waals surface area contributed by atoms with Crippen LogP contribution in [-0.4, -0.2) is 43.1 Å². The highest BCUT2D eigenvalue weighted by Gasteiger charge is 2.38. The Morgan fingerprint density at radius 2 is 1.67 bits per heavy atom. The van der Waals surface area contributed by atoms with E-state index in [2.05, 4.69) is 19.9 Å². The molecule has 8 nitrogen and oxygen atoms in total. The quantitative estimate of drug-likeness (QED) is 0.405. The van der Waals surface area contributed by atoms with Gasteiger partial charge in [0, 0.05) is 5.56 Å². The van der Waals surface area contributed by atoms with Crippen LogP contribution in [0.5, 0.6) is 0 Å². The van der Waals surface area contributed by atoms with Gasteiger partial charge in [-0.15, -0.1) is 0 Å². The van der Waals surface area contributed by atoms with E-state index in [0.717, 1.165) is 22.3 Å². The molecule has 0 aliphatic rings. The Morgan fingerprint density at radius 1 is 1.03 bits per heavy atom. The molecule has 11 heteroatoms. The zero-order valence-corrected chi connectivity index (χ0v) is 15.1. The second-order valence-electron chi connectivity index (χ2n) is 6.00. The van der Waals surface area contributed by atoms with Crippen LogP contribution in [0.4, 0.5) is 13.2 Å². The van der Waals surface area contributed by atoms with E-state index in [9.17, 15) is 18.0 Å². The van der Waals surface area contributed by atoms with Crippen LogP contribution in [0.1, 0.15) is 10.4 Å². The van der Waals surface area contributed by atoms with Gasteiger partial charge in [-0.1, -0.05) is 30.3 Å². The number of carboxylic acids is 1. The van der Waals surface area contributed by atoms with Crippen molar-refractivity contribution in [3.63, 3.8) is 0 Å². The summed E-state index contributed by atoms with van der Waals surface area (Å²) in [6, 6.07) is 13.3. The Hall–Kier alpha value is -4.15. The Labute approximate surface area is 166 Å². The van der Waals surface area contributed by atoms with Gasteiger partial charge in [0.05, 0.1) is 29.3 Å². The molecule has 2 aromatic carbocycles. The molecule has 0 fully saturated rings. The van der Waals surface area contributed by atoms with Gasteiger partial charge in [-0.05, 0) is 17.7 Å². The number of carbonyl (C=O) groups is 2. The number of para-hydroxylation sites is 1. The van der Waals surface area contributed by atoms with E-state index < -0.39 is 18.1 Å². The predicted octanol–water partition coefficient (Wildman–Crippen LogP) is 3.35. The number of nitrogens with two attached hydrogens (primary N) is 1. The lowest BCUT2D eigenvalue weighted by molar-refractivity contribution is -0.192. The monoisotopic (exact) mass is 417 g/mol. The molecule has 0 unspecified atom stereocenters. The highest BCUT2D eigenvalue weighted by atomic mass is 19.4. The van der Waals surface area contributed by atoms with Crippen LogP contribution >= 0.6 is 0 Å². The van der Waals surface area contributed by atoms with Gasteiger partial charge >= 0.3 is 12.1 Å². The van der Waals surface area contributed by atoms with Crippen LogP contribution in [0.3, 0.4) is 0 Å². The summed E-state index contributed by atoms with van der Waals surface area (Å²) in [5, 5.41) is 7.12. The lowest BCUT2D eigenvalue weighted by atomic mass is 10.1. The summed E-state index contributed by atoms with van der Waals surface area (Å²) >= 11 is 0. The largest absolute Gasteiger partial charge is 0.490 e. The minimum absolute atomic E-state index is 0.416. The molecule has 4 rings (SSSR count). The van der Waals surface area contributed by atoms with Crippen molar-refractivity contribution in [1.29, 1.82) is 0 Å². The summed E-state index contributed by atoms with van der Waals surface area (Å²) in [5.41, 5.74) is 10.1. The zero-order chi connectivity index (χ0) is 21.9. The van der Waals surface area contributed by atoms with E-state index in [0.29, 0.717) is 16.9 Å². The smallest absolute Gasteiger partial charge is 0.475 e. The van der Waals surface area contributed by atoms with E-state index in [1.807, 2.05) is 30.3 Å². The SMILES string of the molecule is NC(=O)c1cccc2[nH]c(-c3ccc(-c4cnc[nH]4)cc3)nc12.O=C(O)C(F)(F)F. The van der Waals surface area contributed by atoms with Gasteiger partial charge in [-0.25, -0.2) is 14.8 Å². The van der Waals surface area contributed by atoms with Crippen molar-refractivity contribution in [2.45, 2.75) is 6.18 Å². The van der Waals surface area contributed by atoms with Gasteiger partial charge < -0.3 is 20.8 Å². The first-order valence-electron chi connectivity index (χ1n) is 8.34. The minimum atomic E-state index is -5.08. The molecule has 1 amide bonds. The number of aliphatic carboxylic acids is 1. The third-order valence-electron chi connectivity index (χ3n) is 3.99. The van der Waals surface area contributed by atoms with Crippen LogP contribution in [0.25, 0.3) is 33.7 Å². The number of imidazole rings is 2. The highest BCUT2D eigenvalue weighted by molar-refractivity contribution is 6.04. The fraction of sp³-hybridized carbons (Fsp3) is 0.0526. The van der Waals surface area contributed by atoms with E-state index in [-0.39, 0.29) is 0 Å². The van der Waals surface area contributed by atoms with E-state index in [1.54, 1.807) is 24.7 Å². The van der Waals surface area contributed by atoms with Gasteiger partial charge in [0.1, 0.15) is 11.3 Å². The second-order valence-corrected chi connectivity index (χ2v) is 6.00. The number of hydrogen-bond donors (Lipinski definition) is 4. The van der Waals surface area contributed by atoms with Gasteiger partial charge in [-0.3, -0.25) is 4.79 Å². The van der Waals surface area contributed by atoms with Crippen molar-refractivity contribution in [3.8, 4) is 22.6 Å². The molecule has 0 aliphatic carbocycles. The number of hydrogen-bond acceptors (Lipinski definition) is 4. The van der Waals surface area contributed by atoms with Gasteiger partial charge in [0.25, 0.3) is 5.91 Å². The Morgan fingerprint density at radius 3 is 2.20 bits per heavy atom. The van der Waals surface area contributed by atoms with Crippen LogP contribution in [-0.2, 0) is 4.79 Å². The molecule has 2 aromatic heterocycles. The van der Waals surface area contributed by atoms with Crippen molar-refractivity contribution in [2.24, 2.45) is 5.73 Å². The lowest BCUT2D eigenvalue weighted by Gasteiger charge is -2.00. The summed E-state index contributed by atoms with van der Waals surface area (Å²) in [4.78, 5) is 35.2. The minimum Gasteiger partial charge on any atom is -0.475 e. The zero-order valence-electron chi connectivity index (χ0n) is 15.1. The van der Waals surface area contributed by atoms with Crippen molar-refractivity contribution < 1.29 is 27.9 Å². The van der Waals surface area contributed by atoms with Crippen molar-refractivity contribution in [1.82, 2.24) is 19.9 Å². The molecule has 4 aromatic rings. The summed E-state index contributed by atoms with van der Waals surface area (Å²) in [6.45, 7) is 0. The number of nitrogens with one attached hydrogen (secondary N) is 2. The van der Waals surface area contributed by atoms with Gasteiger partial charge in [0.2, 0.25) is 0 Å². The molecule has 0 atom stereocenters. The molecular weight excluding hydrogens is 403 g/mol. The van der Waals surface area contributed by atoms with Gasteiger partial charge in [-0.2, -0.15) is 13.2 Å². The van der Waals surface area contributed by atoms with Crippen LogP contribution < -0.4 is 5.73 Å². The average Bonchev–Trinajstić information content (AvgIpc) is 3.37. The summed E-state index contributed by atoms with van der Waals surface area (Å²) in [6.07, 6.45) is -1.66. The molecule has 2 heterocycles. The maximum absolute atomic E-state index is 11.5. The molecule has 0 saturated carbocycles. The number of fused-ring (bicyclic) bond motifs is 1. The molecule has 0 saturated heterocycles. The number of nitrogens with zero attached hydrogens (tertiary/aromatic N) is 2. The first-order valence-corrected chi connectivity index (χ1v) is 8.34. The van der Waals surface area contributed by atoms with Crippen LogP contribution in [0, 0.1) is 0 Å². The number of aromatic amines is 2. The average molecular weight is 417 g/mol. The standard InChI is InChI=1S/C17H13N5O.C2HF3O2/c18-16(23)12-2-1-3-13-15(12)22-17(21-13)11-6-4-10(5-7-11)14-8-19-9-20-14;3-2(4,5)1(6)7/h1-9H,(H2,18,23)(H,19,20)(H,21,22);(H,6,7). The first-order chi connectivity index (χ1) is 14.2.